The van der Waals surface area contributed by atoms with Crippen LogP contribution < -0.4 is 18.9 Å². The van der Waals surface area contributed by atoms with Gasteiger partial charge in [-0.1, -0.05) is 78.1 Å². The minimum Gasteiger partial charge on any atom is -1.00 e. The summed E-state index contributed by atoms with van der Waals surface area (Å²) >= 11 is 0. The van der Waals surface area contributed by atoms with Crippen LogP contribution in [0, 0.1) is 0 Å². The molecule has 0 fully saturated rings. The molecule has 0 atom stereocenters. The van der Waals surface area contributed by atoms with Crippen LogP contribution in [0.4, 0.5) is 0 Å². The van der Waals surface area contributed by atoms with Gasteiger partial charge >= 0.3 is 29.3 Å². The maximum atomic E-state index is 11.4. The van der Waals surface area contributed by atoms with Crippen molar-refractivity contribution in [2.45, 2.75) is 90.9 Å². The zero-order valence-electron chi connectivity index (χ0n) is 15.9. The first-order valence-corrected chi connectivity index (χ1v) is 9.99. The Morgan fingerprint density at radius 3 is 1.41 bits per heavy atom. The second-order valence-corrected chi connectivity index (χ2v) is 6.88. The molecular formula is C16H35LiO4S. The van der Waals surface area contributed by atoms with Gasteiger partial charge in [0, 0.05) is 0 Å². The van der Waals surface area contributed by atoms with Crippen molar-refractivity contribution in [1.82, 2.24) is 0 Å². The van der Waals surface area contributed by atoms with Crippen molar-refractivity contribution in [3.8, 4) is 0 Å². The molecule has 0 bridgehead atoms. The van der Waals surface area contributed by atoms with E-state index in [4.69, 9.17) is 8.37 Å². The summed E-state index contributed by atoms with van der Waals surface area (Å²) in [5.74, 6) is 0. The minimum absolute atomic E-state index is 0. The minimum atomic E-state index is -3.77. The van der Waals surface area contributed by atoms with Crippen LogP contribution in [0.1, 0.15) is 92.3 Å². The third-order valence-corrected chi connectivity index (χ3v) is 4.36. The smallest absolute Gasteiger partial charge is 1.00 e. The molecule has 0 aliphatic carbocycles. The second-order valence-electron chi connectivity index (χ2n) is 5.59. The average molecular weight is 330 g/mol. The molecule has 0 spiro atoms. The number of hydrogen-bond donors (Lipinski definition) is 0. The number of unbranched alkanes of at least 4 members (excludes halogenated alkanes) is 10. The van der Waals surface area contributed by atoms with Crippen LogP contribution in [0.2, 0.25) is 0 Å². The van der Waals surface area contributed by atoms with Crippen LogP contribution in [0.25, 0.3) is 0 Å². The van der Waals surface area contributed by atoms with E-state index in [9.17, 15) is 8.42 Å². The van der Waals surface area contributed by atoms with E-state index >= 15 is 0 Å². The normalized spacial score (nSPS) is 11.4. The summed E-state index contributed by atoms with van der Waals surface area (Å²) < 4.78 is 32.4. The molecule has 0 N–H and O–H groups in total. The zero-order chi connectivity index (χ0) is 15.8. The van der Waals surface area contributed by atoms with Crippen LogP contribution in [-0.2, 0) is 18.8 Å². The van der Waals surface area contributed by atoms with Crippen molar-refractivity contribution >= 4 is 10.4 Å². The SMILES string of the molecule is CCCCCCCCCCCOS(=O)(=O)OCCCCC.[H-].[Li+]. The van der Waals surface area contributed by atoms with E-state index < -0.39 is 10.4 Å². The summed E-state index contributed by atoms with van der Waals surface area (Å²) in [7, 11) is -3.77. The Bertz CT molecular complexity index is 313. The molecule has 0 aromatic heterocycles. The summed E-state index contributed by atoms with van der Waals surface area (Å²) in [6, 6.07) is 0. The van der Waals surface area contributed by atoms with E-state index in [1.807, 2.05) is 0 Å². The molecule has 0 aromatic rings. The molecule has 22 heavy (non-hydrogen) atoms. The van der Waals surface area contributed by atoms with Gasteiger partial charge in [0.2, 0.25) is 0 Å². The Morgan fingerprint density at radius 2 is 0.955 bits per heavy atom. The van der Waals surface area contributed by atoms with E-state index in [-0.39, 0.29) is 33.5 Å². The quantitative estimate of drug-likeness (QED) is 0.321. The van der Waals surface area contributed by atoms with E-state index in [0.717, 1.165) is 38.5 Å². The van der Waals surface area contributed by atoms with Crippen LogP contribution in [0.15, 0.2) is 0 Å². The van der Waals surface area contributed by atoms with Gasteiger partial charge in [-0.25, -0.2) is 8.37 Å². The van der Waals surface area contributed by atoms with Crippen molar-refractivity contribution in [3.63, 3.8) is 0 Å². The number of rotatable bonds is 16. The van der Waals surface area contributed by atoms with Gasteiger partial charge in [0.1, 0.15) is 0 Å². The Labute approximate surface area is 151 Å². The molecular weight excluding hydrogens is 295 g/mol. The van der Waals surface area contributed by atoms with Crippen molar-refractivity contribution in [1.29, 1.82) is 0 Å². The van der Waals surface area contributed by atoms with E-state index in [0.29, 0.717) is 0 Å². The number of hydrogen-bond acceptors (Lipinski definition) is 4. The molecule has 0 rings (SSSR count). The first kappa shape index (κ1) is 24.7. The van der Waals surface area contributed by atoms with E-state index in [1.165, 1.54) is 38.5 Å². The molecule has 0 heterocycles. The molecule has 0 aromatic carbocycles. The van der Waals surface area contributed by atoms with Gasteiger partial charge in [-0.05, 0) is 12.8 Å². The van der Waals surface area contributed by atoms with Crippen LogP contribution in [0.5, 0.6) is 0 Å². The topological polar surface area (TPSA) is 52.6 Å². The fraction of sp³-hybridized carbons (Fsp3) is 1.00. The van der Waals surface area contributed by atoms with Crippen molar-refractivity contribution in [3.05, 3.63) is 0 Å². The summed E-state index contributed by atoms with van der Waals surface area (Å²) in [4.78, 5) is 0. The monoisotopic (exact) mass is 330 g/mol. The molecule has 0 aliphatic heterocycles. The maximum absolute atomic E-state index is 11.4. The fourth-order valence-electron chi connectivity index (χ4n) is 2.12. The first-order chi connectivity index (χ1) is 10.1. The van der Waals surface area contributed by atoms with Gasteiger partial charge < -0.3 is 1.43 Å². The second kappa shape index (κ2) is 17.8. The third-order valence-electron chi connectivity index (χ3n) is 3.45. The van der Waals surface area contributed by atoms with E-state index in [2.05, 4.69) is 13.8 Å². The molecule has 0 aliphatic rings. The van der Waals surface area contributed by atoms with Gasteiger partial charge in [-0.15, -0.1) is 0 Å². The van der Waals surface area contributed by atoms with Crippen molar-refractivity contribution in [2.24, 2.45) is 0 Å². The van der Waals surface area contributed by atoms with Crippen LogP contribution in [-0.4, -0.2) is 21.6 Å². The Hall–Kier alpha value is 0.467. The summed E-state index contributed by atoms with van der Waals surface area (Å²) in [5.41, 5.74) is 0. The molecule has 0 radical (unpaired) electrons. The van der Waals surface area contributed by atoms with Crippen molar-refractivity contribution < 1.29 is 37.1 Å². The summed E-state index contributed by atoms with van der Waals surface area (Å²) in [5, 5.41) is 0. The predicted molar refractivity (Wildman–Crippen MR) is 88.7 cm³/mol. The molecule has 0 amide bonds. The summed E-state index contributed by atoms with van der Waals surface area (Å²) in [6.07, 6.45) is 13.6. The fourth-order valence-corrected chi connectivity index (χ4v) is 2.83. The standard InChI is InChI=1S/C16H34O4S.Li.H/c1-3-5-7-8-9-10-11-12-14-16-20-21(17,18)19-15-13-6-4-2;;/h3-16H2,1-2H3;;/q;+1;-1. The maximum Gasteiger partial charge on any atom is 1.00 e. The third kappa shape index (κ3) is 18.5. The van der Waals surface area contributed by atoms with Gasteiger partial charge in [0.25, 0.3) is 0 Å². The molecule has 6 heteroatoms. The van der Waals surface area contributed by atoms with Crippen LogP contribution >= 0.6 is 0 Å². The van der Waals surface area contributed by atoms with Crippen LogP contribution in [0.3, 0.4) is 0 Å². The van der Waals surface area contributed by atoms with Gasteiger partial charge in [0.15, 0.2) is 0 Å². The first-order valence-electron chi connectivity index (χ1n) is 8.66. The zero-order valence-corrected chi connectivity index (χ0v) is 15.8. The van der Waals surface area contributed by atoms with Gasteiger partial charge in [-0.3, -0.25) is 0 Å². The molecule has 4 nitrogen and oxygen atoms in total. The molecule has 130 valence electrons. The van der Waals surface area contributed by atoms with E-state index in [1.54, 1.807) is 0 Å². The Morgan fingerprint density at radius 1 is 0.636 bits per heavy atom. The van der Waals surface area contributed by atoms with Gasteiger partial charge in [-0.2, -0.15) is 8.42 Å². The van der Waals surface area contributed by atoms with Crippen molar-refractivity contribution in [2.75, 3.05) is 13.2 Å². The summed E-state index contributed by atoms with van der Waals surface area (Å²) in [6.45, 7) is 4.76. The molecule has 0 unspecified atom stereocenters. The average Bonchev–Trinajstić information content (AvgIpc) is 2.45. The Balaban J connectivity index is -0.00000200. The predicted octanol–water partition coefficient (Wildman–Crippen LogP) is 2.10. The Kier molecular flexibility index (Phi) is 20.0. The largest absolute Gasteiger partial charge is 1.00 e. The molecule has 0 saturated carbocycles. The molecule has 0 saturated heterocycles. The van der Waals surface area contributed by atoms with Gasteiger partial charge in [0.05, 0.1) is 13.2 Å².